The molecule has 1 aliphatic rings. The van der Waals surface area contributed by atoms with Crippen LogP contribution in [0.15, 0.2) is 30.5 Å². The summed E-state index contributed by atoms with van der Waals surface area (Å²) in [6, 6.07) is 4.45. The molecule has 23 heavy (non-hydrogen) atoms. The zero-order chi connectivity index (χ0) is 16.6. The van der Waals surface area contributed by atoms with Crippen molar-refractivity contribution in [1.29, 1.82) is 0 Å². The molecular weight excluding hydrogens is 314 g/mol. The topological polar surface area (TPSA) is 38.1 Å². The number of carbonyl (C=O) groups excluding carboxylic acids is 1. The average molecular weight is 327 g/mol. The Bertz CT molecular complexity index is 715. The van der Waals surface area contributed by atoms with Gasteiger partial charge < -0.3 is 4.90 Å². The van der Waals surface area contributed by atoms with Crippen LogP contribution in [-0.2, 0) is 6.18 Å². The smallest absolute Gasteiger partial charge is 0.339 e. The summed E-state index contributed by atoms with van der Waals surface area (Å²) in [5.74, 6) is -1.24. The normalized spacial score (nSPS) is 15.2. The lowest BCUT2D eigenvalue weighted by atomic mass is 10.2. The van der Waals surface area contributed by atoms with Crippen LogP contribution in [-0.4, -0.2) is 33.7 Å². The number of benzene rings is 1. The van der Waals surface area contributed by atoms with Crippen molar-refractivity contribution < 1.29 is 22.4 Å². The van der Waals surface area contributed by atoms with Crippen molar-refractivity contribution in [2.75, 3.05) is 13.1 Å². The predicted molar refractivity (Wildman–Crippen MR) is 73.7 cm³/mol. The molecule has 2 aromatic rings. The van der Waals surface area contributed by atoms with Gasteiger partial charge in [0, 0.05) is 13.1 Å². The van der Waals surface area contributed by atoms with Crippen molar-refractivity contribution >= 4 is 5.91 Å². The second-order valence-electron chi connectivity index (χ2n) is 5.29. The number of hydrogen-bond donors (Lipinski definition) is 0. The van der Waals surface area contributed by atoms with E-state index in [4.69, 9.17) is 0 Å². The van der Waals surface area contributed by atoms with Crippen molar-refractivity contribution in [1.82, 2.24) is 14.7 Å². The molecule has 1 aromatic carbocycles. The van der Waals surface area contributed by atoms with Gasteiger partial charge in [0.05, 0.1) is 17.4 Å². The molecule has 4 nitrogen and oxygen atoms in total. The molecule has 0 unspecified atom stereocenters. The highest BCUT2D eigenvalue weighted by molar-refractivity contribution is 5.95. The Hall–Kier alpha value is -2.38. The Morgan fingerprint density at radius 1 is 1.09 bits per heavy atom. The third kappa shape index (κ3) is 2.93. The molecule has 1 fully saturated rings. The highest BCUT2D eigenvalue weighted by atomic mass is 19.4. The van der Waals surface area contributed by atoms with E-state index < -0.39 is 29.2 Å². The van der Waals surface area contributed by atoms with Gasteiger partial charge in [-0.2, -0.15) is 18.3 Å². The number of hydrogen-bond acceptors (Lipinski definition) is 2. The number of rotatable bonds is 2. The lowest BCUT2D eigenvalue weighted by Gasteiger charge is -2.17. The first-order valence-corrected chi connectivity index (χ1v) is 7.08. The van der Waals surface area contributed by atoms with Gasteiger partial charge in [-0.25, -0.2) is 9.07 Å². The summed E-state index contributed by atoms with van der Waals surface area (Å²) in [6.07, 6.45) is -2.28. The molecule has 2 heterocycles. The lowest BCUT2D eigenvalue weighted by molar-refractivity contribution is -0.143. The fourth-order valence-corrected chi connectivity index (χ4v) is 2.65. The van der Waals surface area contributed by atoms with Gasteiger partial charge in [0.25, 0.3) is 5.91 Å². The van der Waals surface area contributed by atoms with Crippen LogP contribution in [0.25, 0.3) is 5.69 Å². The first kappa shape index (κ1) is 15.5. The van der Waals surface area contributed by atoms with Crippen molar-refractivity contribution in [3.63, 3.8) is 0 Å². The van der Waals surface area contributed by atoms with Crippen LogP contribution in [0.1, 0.15) is 28.9 Å². The van der Waals surface area contributed by atoms with E-state index in [1.807, 2.05) is 0 Å². The second kappa shape index (κ2) is 5.68. The molecule has 0 radical (unpaired) electrons. The van der Waals surface area contributed by atoms with Crippen LogP contribution >= 0.6 is 0 Å². The monoisotopic (exact) mass is 327 g/mol. The summed E-state index contributed by atoms with van der Waals surface area (Å²) in [7, 11) is 0. The fraction of sp³-hybridized carbons (Fsp3) is 0.333. The van der Waals surface area contributed by atoms with Gasteiger partial charge in [0.2, 0.25) is 0 Å². The van der Waals surface area contributed by atoms with Crippen molar-refractivity contribution in [3.8, 4) is 5.69 Å². The Morgan fingerprint density at radius 2 is 1.70 bits per heavy atom. The zero-order valence-corrected chi connectivity index (χ0v) is 12.0. The first-order valence-electron chi connectivity index (χ1n) is 7.08. The highest BCUT2D eigenvalue weighted by Crippen LogP contribution is 2.34. The summed E-state index contributed by atoms with van der Waals surface area (Å²) in [6.45, 7) is 0.885. The maximum atomic E-state index is 13.4. The first-order chi connectivity index (χ1) is 10.9. The van der Waals surface area contributed by atoms with Gasteiger partial charge in [-0.15, -0.1) is 0 Å². The molecule has 1 saturated heterocycles. The van der Waals surface area contributed by atoms with Gasteiger partial charge in [0.15, 0.2) is 5.69 Å². The van der Waals surface area contributed by atoms with Crippen molar-refractivity contribution in [2.45, 2.75) is 19.0 Å². The van der Waals surface area contributed by atoms with E-state index in [9.17, 15) is 22.4 Å². The van der Waals surface area contributed by atoms with Crippen LogP contribution in [0.2, 0.25) is 0 Å². The standard InChI is InChI=1S/C15H13F4N3O/c16-10-3-5-11(6-4-10)22-13(15(17,18)19)12(9-20-22)14(23)21-7-1-2-8-21/h3-6,9H,1-2,7-8H2. The number of nitrogens with zero attached hydrogens (tertiary/aromatic N) is 3. The molecular formula is C15H13F4N3O. The molecule has 0 N–H and O–H groups in total. The Balaban J connectivity index is 2.07. The summed E-state index contributed by atoms with van der Waals surface area (Å²) in [4.78, 5) is 13.7. The number of alkyl halides is 3. The molecule has 3 rings (SSSR count). The predicted octanol–water partition coefficient (Wildman–Crippen LogP) is 3.27. The van der Waals surface area contributed by atoms with Gasteiger partial charge in [-0.3, -0.25) is 4.79 Å². The van der Waals surface area contributed by atoms with Crippen molar-refractivity contribution in [3.05, 3.63) is 47.5 Å². The zero-order valence-electron chi connectivity index (χ0n) is 12.0. The number of halogens is 4. The van der Waals surface area contributed by atoms with E-state index in [0.717, 1.165) is 31.2 Å². The number of likely N-dealkylation sites (tertiary alicyclic amines) is 1. The number of carbonyl (C=O) groups is 1. The van der Waals surface area contributed by atoms with Gasteiger partial charge in [-0.05, 0) is 37.1 Å². The van der Waals surface area contributed by atoms with E-state index in [1.54, 1.807) is 0 Å². The molecule has 8 heteroatoms. The summed E-state index contributed by atoms with van der Waals surface area (Å²) in [5, 5.41) is 3.70. The molecule has 0 atom stereocenters. The maximum Gasteiger partial charge on any atom is 0.434 e. The van der Waals surface area contributed by atoms with Gasteiger partial charge >= 0.3 is 6.18 Å². The molecule has 1 aliphatic heterocycles. The minimum Gasteiger partial charge on any atom is -0.339 e. The van der Waals surface area contributed by atoms with E-state index in [0.29, 0.717) is 17.8 Å². The highest BCUT2D eigenvalue weighted by Gasteiger charge is 2.41. The Kier molecular flexibility index (Phi) is 3.83. The summed E-state index contributed by atoms with van der Waals surface area (Å²) >= 11 is 0. The molecule has 0 bridgehead atoms. The summed E-state index contributed by atoms with van der Waals surface area (Å²) in [5.41, 5.74) is -1.58. The van der Waals surface area contributed by atoms with Crippen LogP contribution < -0.4 is 0 Å². The van der Waals surface area contributed by atoms with E-state index in [-0.39, 0.29) is 5.69 Å². The van der Waals surface area contributed by atoms with E-state index in [2.05, 4.69) is 5.10 Å². The van der Waals surface area contributed by atoms with E-state index in [1.165, 1.54) is 17.0 Å². The van der Waals surface area contributed by atoms with Gasteiger partial charge in [0.1, 0.15) is 5.82 Å². The lowest BCUT2D eigenvalue weighted by Crippen LogP contribution is -2.29. The van der Waals surface area contributed by atoms with Crippen LogP contribution in [0.5, 0.6) is 0 Å². The third-order valence-corrected chi connectivity index (χ3v) is 3.73. The van der Waals surface area contributed by atoms with Crippen LogP contribution in [0.4, 0.5) is 17.6 Å². The molecule has 0 saturated carbocycles. The Morgan fingerprint density at radius 3 is 2.26 bits per heavy atom. The number of amides is 1. The quantitative estimate of drug-likeness (QED) is 0.794. The van der Waals surface area contributed by atoms with Gasteiger partial charge in [-0.1, -0.05) is 0 Å². The second-order valence-corrected chi connectivity index (χ2v) is 5.29. The largest absolute Gasteiger partial charge is 0.434 e. The SMILES string of the molecule is O=C(c1cnn(-c2ccc(F)cc2)c1C(F)(F)F)N1CCCC1. The molecule has 0 aliphatic carbocycles. The third-order valence-electron chi connectivity index (χ3n) is 3.73. The minimum absolute atomic E-state index is 0.0409. The van der Waals surface area contributed by atoms with Crippen LogP contribution in [0.3, 0.4) is 0 Å². The molecule has 1 amide bonds. The molecule has 0 spiro atoms. The average Bonchev–Trinajstić information content (AvgIpc) is 3.16. The molecule has 1 aromatic heterocycles. The summed E-state index contributed by atoms with van der Waals surface area (Å²) < 4.78 is 53.9. The number of aromatic nitrogens is 2. The van der Waals surface area contributed by atoms with Crippen LogP contribution in [0, 0.1) is 5.82 Å². The minimum atomic E-state index is -4.75. The molecule has 122 valence electrons. The maximum absolute atomic E-state index is 13.4. The fourth-order valence-electron chi connectivity index (χ4n) is 2.65. The Labute approximate surface area is 129 Å². The van der Waals surface area contributed by atoms with E-state index >= 15 is 0 Å². The van der Waals surface area contributed by atoms with Crippen molar-refractivity contribution in [2.24, 2.45) is 0 Å².